The first-order valence-corrected chi connectivity index (χ1v) is 6.08. The zero-order chi connectivity index (χ0) is 11.8. The number of thiophene rings is 1. The average Bonchev–Trinajstić information content (AvgIpc) is 2.80. The molecule has 2 aromatic heterocycles. The largest absolute Gasteiger partial charge is 0.302 e. The Balaban J connectivity index is 2.28. The van der Waals surface area contributed by atoms with Crippen LogP contribution in [0.25, 0.3) is 20.7 Å². The molecule has 0 aliphatic heterocycles. The monoisotopic (exact) mass is 242 g/mol. The maximum Gasteiger partial charge on any atom is 0.261 e. The van der Waals surface area contributed by atoms with Crippen molar-refractivity contribution < 1.29 is 0 Å². The van der Waals surface area contributed by atoms with Gasteiger partial charge in [0.05, 0.1) is 11.7 Å². The minimum absolute atomic E-state index is 0.00781. The molecule has 0 bridgehead atoms. The Morgan fingerprint density at radius 2 is 2.00 bits per heavy atom. The number of benzene rings is 1. The predicted octanol–water partition coefficient (Wildman–Crippen LogP) is 2.66. The normalized spacial score (nSPS) is 10.9. The fourth-order valence-corrected chi connectivity index (χ4v) is 2.75. The highest BCUT2D eigenvalue weighted by molar-refractivity contribution is 7.21. The maximum atomic E-state index is 11.9. The highest BCUT2D eigenvalue weighted by Gasteiger charge is 2.08. The van der Waals surface area contributed by atoms with Gasteiger partial charge in [0.25, 0.3) is 5.56 Å². The molecular weight excluding hydrogens is 232 g/mol. The van der Waals surface area contributed by atoms with Gasteiger partial charge in [0.1, 0.15) is 4.83 Å². The number of fused-ring (bicyclic) bond motifs is 1. The van der Waals surface area contributed by atoms with Crippen molar-refractivity contribution in [3.8, 4) is 10.4 Å². The van der Waals surface area contributed by atoms with Gasteiger partial charge in [-0.05, 0) is 11.6 Å². The molecule has 0 saturated heterocycles. The molecule has 0 spiro atoms. The van der Waals surface area contributed by atoms with Gasteiger partial charge in [0, 0.05) is 11.9 Å². The van der Waals surface area contributed by atoms with Gasteiger partial charge >= 0.3 is 0 Å². The van der Waals surface area contributed by atoms with E-state index in [1.54, 1.807) is 24.7 Å². The third-order valence-electron chi connectivity index (χ3n) is 2.67. The second-order valence-electron chi connectivity index (χ2n) is 3.86. The van der Waals surface area contributed by atoms with E-state index in [0.29, 0.717) is 5.39 Å². The molecule has 2 heterocycles. The van der Waals surface area contributed by atoms with E-state index in [4.69, 9.17) is 0 Å². The van der Waals surface area contributed by atoms with E-state index in [9.17, 15) is 4.79 Å². The van der Waals surface area contributed by atoms with Crippen LogP contribution in [0.2, 0.25) is 0 Å². The molecule has 17 heavy (non-hydrogen) atoms. The molecule has 0 N–H and O–H groups in total. The van der Waals surface area contributed by atoms with Crippen LogP contribution in [0.3, 0.4) is 0 Å². The summed E-state index contributed by atoms with van der Waals surface area (Å²) in [7, 11) is 1.72. The average molecular weight is 242 g/mol. The van der Waals surface area contributed by atoms with Gasteiger partial charge in [-0.3, -0.25) is 4.79 Å². The zero-order valence-electron chi connectivity index (χ0n) is 9.25. The molecular formula is C13H10N2OS. The van der Waals surface area contributed by atoms with E-state index in [1.165, 1.54) is 4.57 Å². The number of aromatic nitrogens is 2. The minimum atomic E-state index is 0.00781. The molecule has 0 radical (unpaired) electrons. The zero-order valence-corrected chi connectivity index (χ0v) is 10.1. The Morgan fingerprint density at radius 3 is 2.76 bits per heavy atom. The Labute approximate surface area is 102 Å². The van der Waals surface area contributed by atoms with E-state index < -0.39 is 0 Å². The SMILES string of the molecule is Cn1cnc2sc(-c3ccccc3)cc2c1=O. The van der Waals surface area contributed by atoms with Crippen LogP contribution in [-0.4, -0.2) is 9.55 Å². The van der Waals surface area contributed by atoms with Crippen LogP contribution in [0.4, 0.5) is 0 Å². The van der Waals surface area contributed by atoms with E-state index in [-0.39, 0.29) is 5.56 Å². The Hall–Kier alpha value is -1.94. The molecule has 3 rings (SSSR count). The molecule has 4 heteroatoms. The number of nitrogens with zero attached hydrogens (tertiary/aromatic N) is 2. The minimum Gasteiger partial charge on any atom is -0.302 e. The first-order valence-electron chi connectivity index (χ1n) is 5.26. The lowest BCUT2D eigenvalue weighted by Gasteiger charge is -1.93. The summed E-state index contributed by atoms with van der Waals surface area (Å²) >= 11 is 1.55. The van der Waals surface area contributed by atoms with Crippen LogP contribution in [-0.2, 0) is 7.05 Å². The second-order valence-corrected chi connectivity index (χ2v) is 4.89. The number of rotatable bonds is 1. The molecule has 84 valence electrons. The lowest BCUT2D eigenvalue weighted by molar-refractivity contribution is 0.844. The lowest BCUT2D eigenvalue weighted by atomic mass is 10.2. The van der Waals surface area contributed by atoms with Gasteiger partial charge in [-0.2, -0.15) is 0 Å². The van der Waals surface area contributed by atoms with E-state index in [2.05, 4.69) is 4.98 Å². The fourth-order valence-electron chi connectivity index (χ4n) is 1.76. The summed E-state index contributed by atoms with van der Waals surface area (Å²) in [5.41, 5.74) is 1.13. The molecule has 3 aromatic rings. The van der Waals surface area contributed by atoms with Gasteiger partial charge in [0.15, 0.2) is 0 Å². The fraction of sp³-hybridized carbons (Fsp3) is 0.0769. The summed E-state index contributed by atoms with van der Waals surface area (Å²) in [5, 5.41) is 0.693. The Bertz CT molecular complexity index is 728. The molecule has 0 amide bonds. The summed E-state index contributed by atoms with van der Waals surface area (Å²) in [4.78, 5) is 18.0. The molecule has 0 fully saturated rings. The van der Waals surface area contributed by atoms with Crippen molar-refractivity contribution in [2.24, 2.45) is 7.05 Å². The number of aryl methyl sites for hydroxylation is 1. The van der Waals surface area contributed by atoms with Gasteiger partial charge in [0.2, 0.25) is 0 Å². The number of hydrogen-bond donors (Lipinski definition) is 0. The van der Waals surface area contributed by atoms with Crippen molar-refractivity contribution in [1.29, 1.82) is 0 Å². The predicted molar refractivity (Wildman–Crippen MR) is 70.3 cm³/mol. The lowest BCUT2D eigenvalue weighted by Crippen LogP contribution is -2.15. The van der Waals surface area contributed by atoms with Gasteiger partial charge in [-0.1, -0.05) is 30.3 Å². The van der Waals surface area contributed by atoms with E-state index in [0.717, 1.165) is 15.3 Å². The van der Waals surface area contributed by atoms with Crippen molar-refractivity contribution in [3.05, 3.63) is 53.1 Å². The topological polar surface area (TPSA) is 34.9 Å². The van der Waals surface area contributed by atoms with Gasteiger partial charge in [-0.25, -0.2) is 4.98 Å². The van der Waals surface area contributed by atoms with Crippen LogP contribution < -0.4 is 5.56 Å². The van der Waals surface area contributed by atoms with Crippen molar-refractivity contribution in [2.45, 2.75) is 0 Å². The van der Waals surface area contributed by atoms with Crippen molar-refractivity contribution in [2.75, 3.05) is 0 Å². The quantitative estimate of drug-likeness (QED) is 0.657. The van der Waals surface area contributed by atoms with Crippen LogP contribution in [0.5, 0.6) is 0 Å². The van der Waals surface area contributed by atoms with E-state index >= 15 is 0 Å². The van der Waals surface area contributed by atoms with Crippen LogP contribution in [0, 0.1) is 0 Å². The second kappa shape index (κ2) is 3.82. The highest BCUT2D eigenvalue weighted by Crippen LogP contribution is 2.30. The summed E-state index contributed by atoms with van der Waals surface area (Å²) in [5.74, 6) is 0. The molecule has 0 saturated carbocycles. The van der Waals surface area contributed by atoms with Crippen molar-refractivity contribution >= 4 is 21.6 Å². The smallest absolute Gasteiger partial charge is 0.261 e. The highest BCUT2D eigenvalue weighted by atomic mass is 32.1. The summed E-state index contributed by atoms with van der Waals surface area (Å²) in [6.45, 7) is 0. The molecule has 0 aliphatic carbocycles. The van der Waals surface area contributed by atoms with Gasteiger partial charge in [-0.15, -0.1) is 11.3 Å². The molecule has 3 nitrogen and oxygen atoms in total. The third-order valence-corrected chi connectivity index (χ3v) is 3.76. The Kier molecular flexibility index (Phi) is 2.30. The van der Waals surface area contributed by atoms with Crippen molar-refractivity contribution in [3.63, 3.8) is 0 Å². The van der Waals surface area contributed by atoms with Crippen LogP contribution in [0.1, 0.15) is 0 Å². The van der Waals surface area contributed by atoms with Crippen LogP contribution >= 0.6 is 11.3 Å². The maximum absolute atomic E-state index is 11.9. The third kappa shape index (κ3) is 1.66. The first kappa shape index (κ1) is 10.2. The molecule has 0 aliphatic rings. The molecule has 1 aromatic carbocycles. The van der Waals surface area contributed by atoms with Crippen molar-refractivity contribution in [1.82, 2.24) is 9.55 Å². The summed E-state index contributed by atoms with van der Waals surface area (Å²) in [6.07, 6.45) is 1.57. The van der Waals surface area contributed by atoms with Gasteiger partial charge < -0.3 is 4.57 Å². The standard InChI is InChI=1S/C13H10N2OS/c1-15-8-14-12-10(13(15)16)7-11(17-12)9-5-3-2-4-6-9/h2-8H,1H3. The van der Waals surface area contributed by atoms with Crippen LogP contribution in [0.15, 0.2) is 47.5 Å². The Morgan fingerprint density at radius 1 is 1.24 bits per heavy atom. The summed E-state index contributed by atoms with van der Waals surface area (Å²) in [6, 6.07) is 12.0. The summed E-state index contributed by atoms with van der Waals surface area (Å²) < 4.78 is 1.50. The molecule has 0 atom stereocenters. The molecule has 0 unspecified atom stereocenters. The first-order chi connectivity index (χ1) is 8.25. The number of hydrogen-bond acceptors (Lipinski definition) is 3. The van der Waals surface area contributed by atoms with E-state index in [1.807, 2.05) is 36.4 Å².